The predicted octanol–water partition coefficient (Wildman–Crippen LogP) is 1.59. The highest BCUT2D eigenvalue weighted by atomic mass is 32.2. The van der Waals surface area contributed by atoms with Crippen LogP contribution in [0.1, 0.15) is 32.0 Å². The molecule has 3 rings (SSSR count). The fraction of sp³-hybridized carbons (Fsp3) is 0.588. The second-order valence-electron chi connectivity index (χ2n) is 7.16. The molecule has 2 aromatic heterocycles. The first-order valence-electron chi connectivity index (χ1n) is 8.81. The Balaban J connectivity index is 1.77. The summed E-state index contributed by atoms with van der Waals surface area (Å²) in [5.41, 5.74) is 2.66. The van der Waals surface area contributed by atoms with Crippen LogP contribution >= 0.6 is 0 Å². The van der Waals surface area contributed by atoms with Crippen LogP contribution in [0.25, 0.3) is 11.3 Å². The summed E-state index contributed by atoms with van der Waals surface area (Å²) in [6.45, 7) is 5.22. The lowest BCUT2D eigenvalue weighted by atomic mass is 10.00. The van der Waals surface area contributed by atoms with Crippen LogP contribution in [0.3, 0.4) is 0 Å². The van der Waals surface area contributed by atoms with Gasteiger partial charge < -0.3 is 0 Å². The van der Waals surface area contributed by atoms with Crippen molar-refractivity contribution in [2.45, 2.75) is 32.7 Å². The van der Waals surface area contributed by atoms with Crippen LogP contribution in [0.15, 0.2) is 24.8 Å². The monoisotopic (exact) mass is 378 g/mol. The van der Waals surface area contributed by atoms with E-state index >= 15 is 0 Å². The molecule has 0 bridgehead atoms. The molecule has 8 nitrogen and oxygen atoms in total. The molecular formula is C17H26N6O2S. The molecule has 142 valence electrons. The Morgan fingerprint density at radius 1 is 1.27 bits per heavy atom. The molecule has 1 saturated heterocycles. The molecule has 1 atom stereocenters. The van der Waals surface area contributed by atoms with E-state index in [2.05, 4.69) is 28.9 Å². The van der Waals surface area contributed by atoms with Gasteiger partial charge in [0.25, 0.3) is 10.2 Å². The number of nitrogens with zero attached hydrogens (tertiary/aromatic N) is 6. The summed E-state index contributed by atoms with van der Waals surface area (Å²) in [5, 5.41) is 4.38. The van der Waals surface area contributed by atoms with Crippen LogP contribution in [0.5, 0.6) is 0 Å². The van der Waals surface area contributed by atoms with Crippen LogP contribution in [-0.4, -0.2) is 64.0 Å². The van der Waals surface area contributed by atoms with Gasteiger partial charge in [-0.3, -0.25) is 14.6 Å². The Morgan fingerprint density at radius 3 is 2.65 bits per heavy atom. The zero-order valence-electron chi connectivity index (χ0n) is 15.7. The fourth-order valence-electron chi connectivity index (χ4n) is 3.18. The van der Waals surface area contributed by atoms with Crippen molar-refractivity contribution < 1.29 is 8.42 Å². The molecule has 0 amide bonds. The molecule has 0 aliphatic carbocycles. The van der Waals surface area contributed by atoms with E-state index in [1.54, 1.807) is 30.8 Å². The van der Waals surface area contributed by atoms with E-state index in [1.165, 1.54) is 4.31 Å². The third-order valence-electron chi connectivity index (χ3n) is 4.70. The van der Waals surface area contributed by atoms with E-state index < -0.39 is 10.2 Å². The average molecular weight is 379 g/mol. The third-order valence-corrected chi connectivity index (χ3v) is 6.60. The Bertz CT molecular complexity index is 862. The molecule has 0 saturated carbocycles. The fourth-order valence-corrected chi connectivity index (χ4v) is 4.37. The van der Waals surface area contributed by atoms with Crippen LogP contribution in [-0.2, 0) is 16.6 Å². The summed E-state index contributed by atoms with van der Waals surface area (Å²) in [4.78, 5) is 9.02. The summed E-state index contributed by atoms with van der Waals surface area (Å²) in [6, 6.07) is 0.281. The minimum Gasteiger partial charge on any atom is -0.270 e. The highest BCUT2D eigenvalue weighted by Crippen LogP contribution is 2.27. The molecule has 0 unspecified atom stereocenters. The number of rotatable bonds is 6. The molecule has 0 radical (unpaired) electrons. The Labute approximate surface area is 155 Å². The van der Waals surface area contributed by atoms with Crippen molar-refractivity contribution in [1.82, 2.24) is 28.4 Å². The van der Waals surface area contributed by atoms with Crippen molar-refractivity contribution in [3.05, 3.63) is 30.5 Å². The Morgan fingerprint density at radius 2 is 2.00 bits per heavy atom. The Kier molecular flexibility index (Phi) is 5.40. The van der Waals surface area contributed by atoms with Gasteiger partial charge in [0.2, 0.25) is 0 Å². The molecule has 2 aromatic rings. The molecule has 26 heavy (non-hydrogen) atoms. The van der Waals surface area contributed by atoms with E-state index in [-0.39, 0.29) is 12.0 Å². The summed E-state index contributed by atoms with van der Waals surface area (Å²) in [6.07, 6.45) is 8.70. The van der Waals surface area contributed by atoms with Gasteiger partial charge >= 0.3 is 0 Å². The summed E-state index contributed by atoms with van der Waals surface area (Å²) in [7, 11) is -0.222. The maximum Gasteiger partial charge on any atom is 0.281 e. The first-order valence-corrected chi connectivity index (χ1v) is 10.2. The standard InChI is InChI=1S/C17H26N6O2S/c1-13(2)23-12-15(10-20-23)17-16(18-6-7-19-17)9-14-5-8-22(11-14)26(24,25)21(3)4/h6-7,10,12-14H,5,8-9,11H2,1-4H3/t14-/m1/s1. The van der Waals surface area contributed by atoms with Crippen LogP contribution in [0.4, 0.5) is 0 Å². The smallest absolute Gasteiger partial charge is 0.270 e. The lowest BCUT2D eigenvalue weighted by Gasteiger charge is -2.20. The van der Waals surface area contributed by atoms with Gasteiger partial charge in [0.05, 0.1) is 17.6 Å². The summed E-state index contributed by atoms with van der Waals surface area (Å²) < 4.78 is 29.3. The number of aromatic nitrogens is 4. The SMILES string of the molecule is CC(C)n1cc(-c2nccnc2C[C@H]2CCN(S(=O)(=O)N(C)C)C2)cn1. The number of hydrogen-bond acceptors (Lipinski definition) is 5. The van der Waals surface area contributed by atoms with Crippen molar-refractivity contribution in [3.8, 4) is 11.3 Å². The molecular weight excluding hydrogens is 352 g/mol. The summed E-state index contributed by atoms with van der Waals surface area (Å²) >= 11 is 0. The van der Waals surface area contributed by atoms with Crippen molar-refractivity contribution in [3.63, 3.8) is 0 Å². The zero-order chi connectivity index (χ0) is 18.9. The molecule has 1 fully saturated rings. The van der Waals surface area contributed by atoms with Gasteiger partial charge in [0.1, 0.15) is 0 Å². The van der Waals surface area contributed by atoms with Crippen LogP contribution in [0, 0.1) is 5.92 Å². The highest BCUT2D eigenvalue weighted by molar-refractivity contribution is 7.86. The van der Waals surface area contributed by atoms with Gasteiger partial charge in [0.15, 0.2) is 0 Å². The Hall–Kier alpha value is -1.84. The quantitative estimate of drug-likeness (QED) is 0.762. The van der Waals surface area contributed by atoms with Gasteiger partial charge in [-0.1, -0.05) is 0 Å². The maximum absolute atomic E-state index is 12.3. The summed E-state index contributed by atoms with van der Waals surface area (Å²) in [5.74, 6) is 0.236. The first kappa shape index (κ1) is 18.9. The van der Waals surface area contributed by atoms with Gasteiger partial charge in [-0.25, -0.2) is 0 Å². The van der Waals surface area contributed by atoms with Crippen molar-refractivity contribution in [2.75, 3.05) is 27.2 Å². The average Bonchev–Trinajstić information content (AvgIpc) is 3.25. The molecule has 3 heterocycles. The highest BCUT2D eigenvalue weighted by Gasteiger charge is 2.33. The topological polar surface area (TPSA) is 84.2 Å². The van der Waals surface area contributed by atoms with Crippen LogP contribution < -0.4 is 0 Å². The second-order valence-corrected chi connectivity index (χ2v) is 9.30. The zero-order valence-corrected chi connectivity index (χ0v) is 16.5. The molecule has 0 aromatic carbocycles. The van der Waals surface area contributed by atoms with Crippen molar-refractivity contribution >= 4 is 10.2 Å². The lowest BCUT2D eigenvalue weighted by Crippen LogP contribution is -2.38. The molecule has 9 heteroatoms. The van der Waals surface area contributed by atoms with Crippen molar-refractivity contribution in [1.29, 1.82) is 0 Å². The van der Waals surface area contributed by atoms with E-state index in [9.17, 15) is 8.42 Å². The van der Waals surface area contributed by atoms with Gasteiger partial charge in [-0.2, -0.15) is 22.1 Å². The normalized spacial score (nSPS) is 18.9. The van der Waals surface area contributed by atoms with Crippen molar-refractivity contribution in [2.24, 2.45) is 5.92 Å². The van der Waals surface area contributed by atoms with E-state index in [1.807, 2.05) is 17.1 Å². The lowest BCUT2D eigenvalue weighted by molar-refractivity contribution is 0.409. The molecule has 1 aliphatic rings. The molecule has 0 spiro atoms. The molecule has 1 aliphatic heterocycles. The maximum atomic E-state index is 12.3. The van der Waals surface area contributed by atoms with E-state index in [0.717, 1.165) is 23.4 Å². The largest absolute Gasteiger partial charge is 0.281 e. The van der Waals surface area contributed by atoms with Gasteiger partial charge in [0, 0.05) is 57.4 Å². The minimum absolute atomic E-state index is 0.236. The van der Waals surface area contributed by atoms with Gasteiger partial charge in [-0.05, 0) is 32.6 Å². The van der Waals surface area contributed by atoms with Gasteiger partial charge in [-0.15, -0.1) is 0 Å². The van der Waals surface area contributed by atoms with E-state index in [4.69, 9.17) is 0 Å². The van der Waals surface area contributed by atoms with E-state index in [0.29, 0.717) is 19.5 Å². The third kappa shape index (κ3) is 3.79. The second kappa shape index (κ2) is 7.42. The predicted molar refractivity (Wildman–Crippen MR) is 99.6 cm³/mol. The molecule has 0 N–H and O–H groups in total. The first-order chi connectivity index (χ1) is 12.3. The number of hydrogen-bond donors (Lipinski definition) is 0. The minimum atomic E-state index is -3.35. The van der Waals surface area contributed by atoms with Crippen LogP contribution in [0.2, 0.25) is 0 Å².